The number of imidazole rings is 1. The van der Waals surface area contributed by atoms with Crippen LogP contribution in [-0.4, -0.2) is 139 Å². The molecule has 17 nitrogen and oxygen atoms in total. The number of Topliss-reactive ketones (excluding diaryl/α,β-unsaturated/α-hetero) is 1. The highest BCUT2D eigenvalue weighted by molar-refractivity contribution is 7.86. The predicted octanol–water partition coefficient (Wildman–Crippen LogP) is 0.142. The number of ether oxygens (including phenoxy) is 1. The van der Waals surface area contributed by atoms with Crippen molar-refractivity contribution in [1.29, 1.82) is 0 Å². The van der Waals surface area contributed by atoms with Gasteiger partial charge in [-0.1, -0.05) is 0 Å². The molecule has 0 radical (unpaired) electrons. The molecule has 4 N–H and O–H groups in total. The van der Waals surface area contributed by atoms with Crippen molar-refractivity contribution >= 4 is 43.0 Å². The first kappa shape index (κ1) is 39.4. The second-order valence-electron chi connectivity index (χ2n) is 13.0. The molecule has 25 heteroatoms. The number of aliphatic hydroxyl groups excluding tert-OH is 2. The third-order valence-electron chi connectivity index (χ3n) is 10.6. The highest BCUT2D eigenvalue weighted by atomic mass is 32.2. The first-order valence-electron chi connectivity index (χ1n) is 15.6. The fourth-order valence-corrected chi connectivity index (χ4v) is 8.74. The van der Waals surface area contributed by atoms with Crippen molar-refractivity contribution in [3.8, 4) is 0 Å². The Kier molecular flexibility index (Phi) is 10.5. The number of rotatable bonds is 6. The van der Waals surface area contributed by atoms with Crippen molar-refractivity contribution in [3.05, 3.63) is 12.7 Å². The fraction of sp³-hybridized carbons (Fsp3) is 0.769. The van der Waals surface area contributed by atoms with Crippen LogP contribution in [0.25, 0.3) is 11.2 Å². The standard InChI is InChI=1S/C24H34N7O4.2CHF3O3S/c25-21-17-22(27-12-26-21)30(13-28-17)23-19(34)18(33)20(35-23)16(32)2-1-9-31-10-5-14-3-7-29-8-4-15(6-11-31)24(14,29)31;2*2-1(3,4)8(5,6)7/h12-15,18-20,23,33-34H,1-11H2,(H2,25,26,27);2*(H,5,6,7)/q+1;;/p-2/t14-,15+,18-,19+,20+,23+,24?,31?;;/m0../s1. The van der Waals surface area contributed by atoms with E-state index in [9.17, 15) is 41.4 Å². The molecule has 2 aromatic heterocycles. The smallest absolute Gasteiger partial charge is 0.485 e. The van der Waals surface area contributed by atoms with E-state index in [2.05, 4.69) is 19.9 Å². The minimum atomic E-state index is -6.09. The number of aliphatic hydroxyl groups is 2. The minimum absolute atomic E-state index is 0.158. The van der Waals surface area contributed by atoms with Gasteiger partial charge in [-0.15, -0.1) is 0 Å². The van der Waals surface area contributed by atoms with Crippen molar-refractivity contribution in [2.24, 2.45) is 11.8 Å². The quantitative estimate of drug-likeness (QED) is 0.153. The zero-order valence-corrected chi connectivity index (χ0v) is 28.0. The highest BCUT2D eigenvalue weighted by Crippen LogP contribution is 2.62. The molecule has 7 rings (SSSR count). The molecule has 0 amide bonds. The molecule has 5 saturated heterocycles. The van der Waals surface area contributed by atoms with E-state index in [0.717, 1.165) is 29.3 Å². The van der Waals surface area contributed by atoms with E-state index in [0.29, 0.717) is 23.2 Å². The molecule has 0 bridgehead atoms. The molecular weight excluding hydrogens is 748 g/mol. The summed E-state index contributed by atoms with van der Waals surface area (Å²) >= 11 is 0. The molecule has 8 atom stereocenters. The summed E-state index contributed by atoms with van der Waals surface area (Å²) in [5, 5.41) is 21.4. The number of nitrogen functional groups attached to an aromatic ring is 1. The van der Waals surface area contributed by atoms with Gasteiger partial charge in [0, 0.05) is 50.6 Å². The van der Waals surface area contributed by atoms with Crippen LogP contribution in [0.4, 0.5) is 32.2 Å². The summed E-state index contributed by atoms with van der Waals surface area (Å²) in [5.41, 5.74) is -4.31. The van der Waals surface area contributed by atoms with Gasteiger partial charge in [0.05, 0.1) is 26.0 Å². The first-order valence-corrected chi connectivity index (χ1v) is 18.4. The molecule has 0 aromatic carbocycles. The molecule has 51 heavy (non-hydrogen) atoms. The molecule has 5 aliphatic rings. The molecular formula is C26H34F6N7O10S2-. The van der Waals surface area contributed by atoms with Crippen LogP contribution in [0.3, 0.4) is 0 Å². The second kappa shape index (κ2) is 13.6. The second-order valence-corrected chi connectivity index (χ2v) is 15.8. The number of aromatic nitrogens is 4. The number of hydrogen-bond donors (Lipinski definition) is 3. The van der Waals surface area contributed by atoms with Gasteiger partial charge in [0.2, 0.25) is 0 Å². The number of quaternary nitrogens is 1. The number of fused-ring (bicyclic) bond motifs is 1. The fourth-order valence-electron chi connectivity index (χ4n) is 8.74. The lowest BCUT2D eigenvalue weighted by molar-refractivity contribution is -0.965. The van der Waals surface area contributed by atoms with Gasteiger partial charge >= 0.3 is 11.0 Å². The Labute approximate surface area is 286 Å². The Morgan fingerprint density at radius 1 is 0.941 bits per heavy atom. The van der Waals surface area contributed by atoms with Crippen LogP contribution >= 0.6 is 0 Å². The van der Waals surface area contributed by atoms with Gasteiger partial charge < -0.3 is 34.3 Å². The lowest BCUT2D eigenvalue weighted by Gasteiger charge is -2.47. The Bertz CT molecular complexity index is 1770. The maximum atomic E-state index is 13.2. The van der Waals surface area contributed by atoms with E-state index in [-0.39, 0.29) is 11.6 Å². The molecule has 0 aliphatic carbocycles. The van der Waals surface area contributed by atoms with Crippen LogP contribution in [0.2, 0.25) is 0 Å². The van der Waals surface area contributed by atoms with Crippen molar-refractivity contribution in [2.75, 3.05) is 38.5 Å². The maximum Gasteiger partial charge on any atom is 0.485 e. The third kappa shape index (κ3) is 6.91. The molecule has 0 saturated carbocycles. The first-order chi connectivity index (χ1) is 23.5. The number of carbonyl (C=O) groups excluding carboxylic acids is 1. The zero-order chi connectivity index (χ0) is 37.9. The Balaban J connectivity index is 0.000000265. The molecule has 1 spiro atoms. The van der Waals surface area contributed by atoms with Gasteiger partial charge in [-0.2, -0.15) is 26.3 Å². The molecule has 7 heterocycles. The van der Waals surface area contributed by atoms with Gasteiger partial charge in [-0.3, -0.25) is 14.3 Å². The van der Waals surface area contributed by atoms with E-state index < -0.39 is 55.8 Å². The van der Waals surface area contributed by atoms with Crippen LogP contribution in [0.1, 0.15) is 44.8 Å². The SMILES string of the molecule is Nc1ncnc2c1ncn2[C@@H]1O[C@H](C(=O)CCC[N+]23CC[C@H]4CCN5CC[C@@H](CC2)C453)[C@@H](O)[C@H]1O.O=S(=O)([O-])C(F)(F)F.O=S(=O)([O-])C(F)(F)F. The van der Waals surface area contributed by atoms with E-state index >= 15 is 0 Å². The van der Waals surface area contributed by atoms with E-state index in [4.69, 9.17) is 36.4 Å². The van der Waals surface area contributed by atoms with Crippen LogP contribution < -0.4 is 5.73 Å². The number of nitrogens with zero attached hydrogens (tertiary/aromatic N) is 6. The summed E-state index contributed by atoms with van der Waals surface area (Å²) in [7, 11) is -12.2. The van der Waals surface area contributed by atoms with Gasteiger partial charge in [0.15, 0.2) is 49.4 Å². The summed E-state index contributed by atoms with van der Waals surface area (Å²) in [4.78, 5) is 28.3. The van der Waals surface area contributed by atoms with Gasteiger partial charge in [0.1, 0.15) is 30.2 Å². The Morgan fingerprint density at radius 2 is 1.47 bits per heavy atom. The summed E-state index contributed by atoms with van der Waals surface area (Å²) in [6.45, 7) is 5.94. The summed E-state index contributed by atoms with van der Waals surface area (Å²) in [6, 6.07) is 0. The molecule has 2 aromatic rings. The lowest BCUT2D eigenvalue weighted by Crippen LogP contribution is -2.64. The normalized spacial score (nSPS) is 33.4. The van der Waals surface area contributed by atoms with Crippen LogP contribution in [0.5, 0.6) is 0 Å². The summed E-state index contributed by atoms with van der Waals surface area (Å²) < 4.78 is 126. The number of alkyl halides is 6. The molecule has 5 fully saturated rings. The average Bonchev–Trinajstić information content (AvgIpc) is 3.82. The van der Waals surface area contributed by atoms with Crippen molar-refractivity contribution in [1.82, 2.24) is 24.4 Å². The Hall–Kier alpha value is -2.78. The van der Waals surface area contributed by atoms with Crippen LogP contribution in [0.15, 0.2) is 12.7 Å². The monoisotopic (exact) mass is 782 g/mol. The number of ketones is 1. The van der Waals surface area contributed by atoms with Crippen molar-refractivity contribution in [3.63, 3.8) is 0 Å². The van der Waals surface area contributed by atoms with E-state index in [1.165, 1.54) is 69.1 Å². The molecule has 2 unspecified atom stereocenters. The lowest BCUT2D eigenvalue weighted by atomic mass is 9.84. The largest absolute Gasteiger partial charge is 0.741 e. The van der Waals surface area contributed by atoms with E-state index in [1.54, 1.807) is 0 Å². The number of carbonyl (C=O) groups is 1. The summed E-state index contributed by atoms with van der Waals surface area (Å²) in [5.74, 6) is 1.69. The summed E-state index contributed by atoms with van der Waals surface area (Å²) in [6.07, 6.45) is 4.53. The number of nitrogens with two attached hydrogens (primary N) is 1. The highest BCUT2D eigenvalue weighted by Gasteiger charge is 2.74. The average molecular weight is 783 g/mol. The zero-order valence-electron chi connectivity index (χ0n) is 26.4. The van der Waals surface area contributed by atoms with Crippen LogP contribution in [-0.2, 0) is 29.8 Å². The number of anilines is 1. The van der Waals surface area contributed by atoms with Gasteiger partial charge in [0.25, 0.3) is 0 Å². The molecule has 288 valence electrons. The number of halogens is 6. The van der Waals surface area contributed by atoms with Gasteiger partial charge in [-0.25, -0.2) is 31.8 Å². The third-order valence-corrected chi connectivity index (χ3v) is 11.7. The number of hydrogen-bond acceptors (Lipinski definition) is 15. The predicted molar refractivity (Wildman–Crippen MR) is 156 cm³/mol. The van der Waals surface area contributed by atoms with Crippen LogP contribution in [0, 0.1) is 11.8 Å². The van der Waals surface area contributed by atoms with Crippen molar-refractivity contribution < 1.29 is 76.5 Å². The molecule has 5 aliphatic heterocycles. The van der Waals surface area contributed by atoms with Gasteiger partial charge in [-0.05, 0) is 12.8 Å². The Morgan fingerprint density at radius 3 is 1.98 bits per heavy atom. The maximum absolute atomic E-state index is 13.2. The topological polar surface area (TPSA) is 254 Å². The van der Waals surface area contributed by atoms with Crippen molar-refractivity contribution in [2.45, 2.75) is 79.7 Å². The van der Waals surface area contributed by atoms with E-state index in [1.807, 2.05) is 0 Å². The minimum Gasteiger partial charge on any atom is -0.741 e.